The van der Waals surface area contributed by atoms with E-state index in [1.54, 1.807) is 0 Å². The number of aliphatic hydroxyl groups is 1. The minimum Gasteiger partial charge on any atom is -0.497 e. The number of halogens is 6. The second-order valence-electron chi connectivity index (χ2n) is 9.94. The van der Waals surface area contributed by atoms with Crippen molar-refractivity contribution in [2.75, 3.05) is 13.7 Å². The zero-order valence-corrected chi connectivity index (χ0v) is 22.6. The van der Waals surface area contributed by atoms with Crippen molar-refractivity contribution in [2.45, 2.75) is 77.0 Å². The van der Waals surface area contributed by atoms with Crippen LogP contribution in [-0.4, -0.2) is 73.1 Å². The molecule has 0 aromatic heterocycles. The average Bonchev–Trinajstić information content (AvgIpc) is 2.80. The first-order valence-electron chi connectivity index (χ1n) is 11.8. The topological polar surface area (TPSA) is 135 Å². The maximum Gasteiger partial charge on any atom is 0.522 e. The molecule has 4 unspecified atom stereocenters. The van der Waals surface area contributed by atoms with Gasteiger partial charge in [-0.25, -0.2) is 4.79 Å². The molecular weight excluding hydrogens is 556 g/mol. The zero-order chi connectivity index (χ0) is 31.1. The number of hydrogen-bond acceptors (Lipinski definition) is 7. The Hall–Kier alpha value is -3.27. The number of nitrogens with one attached hydrogen (secondary N) is 3. The number of ether oxygens (including phenoxy) is 3. The Bertz CT molecular complexity index is 995. The van der Waals surface area contributed by atoms with Crippen LogP contribution in [0.1, 0.15) is 46.2 Å². The molecule has 0 heterocycles. The normalized spacial score (nSPS) is 15.4. The molecule has 0 spiro atoms. The number of amides is 3. The summed E-state index contributed by atoms with van der Waals surface area (Å²) in [6.45, 7) is 5.55. The van der Waals surface area contributed by atoms with Crippen LogP contribution >= 0.6 is 0 Å². The molecule has 10 nitrogen and oxygen atoms in total. The molecule has 1 rings (SSSR count). The lowest BCUT2D eigenvalue weighted by atomic mass is 9.96. The summed E-state index contributed by atoms with van der Waals surface area (Å²) in [5.74, 6) is -3.21. The molecular formula is C24H33F6N3O7. The van der Waals surface area contributed by atoms with Crippen molar-refractivity contribution in [1.82, 2.24) is 16.0 Å². The fourth-order valence-corrected chi connectivity index (χ4v) is 3.21. The largest absolute Gasteiger partial charge is 0.522 e. The lowest BCUT2D eigenvalue weighted by molar-refractivity contribution is -0.325. The molecule has 3 amide bonds. The van der Waals surface area contributed by atoms with Crippen LogP contribution < -0.4 is 20.7 Å². The van der Waals surface area contributed by atoms with Crippen LogP contribution in [0.25, 0.3) is 0 Å². The Labute approximate surface area is 226 Å². The van der Waals surface area contributed by atoms with Gasteiger partial charge >= 0.3 is 18.6 Å². The van der Waals surface area contributed by atoms with Crippen molar-refractivity contribution in [2.24, 2.45) is 5.92 Å². The predicted octanol–water partition coefficient (Wildman–Crippen LogP) is 3.35. The summed E-state index contributed by atoms with van der Waals surface area (Å²) in [5, 5.41) is 15.9. The quantitative estimate of drug-likeness (QED) is 0.291. The molecule has 0 bridgehead atoms. The molecule has 4 N–H and O–H groups in total. The van der Waals surface area contributed by atoms with E-state index < -0.39 is 72.8 Å². The third-order valence-corrected chi connectivity index (χ3v) is 5.12. The Balaban J connectivity index is 3.37. The van der Waals surface area contributed by atoms with Crippen LogP contribution in [-0.2, 0) is 19.1 Å². The number of aliphatic hydroxyl groups excluding tert-OH is 1. The first-order chi connectivity index (χ1) is 18.1. The highest BCUT2D eigenvalue weighted by atomic mass is 19.4. The van der Waals surface area contributed by atoms with E-state index in [2.05, 4.69) is 10.1 Å². The number of carbonyl (C=O) groups is 3. The molecule has 0 aliphatic carbocycles. The molecule has 0 saturated heterocycles. The van der Waals surface area contributed by atoms with E-state index in [9.17, 15) is 45.8 Å². The molecule has 16 heteroatoms. The summed E-state index contributed by atoms with van der Waals surface area (Å²) in [5.41, 5.74) is -1.10. The van der Waals surface area contributed by atoms with Crippen LogP contribution in [0.3, 0.4) is 0 Å². The maximum atomic E-state index is 13.2. The van der Waals surface area contributed by atoms with Gasteiger partial charge in [0.25, 0.3) is 0 Å². The van der Waals surface area contributed by atoms with Gasteiger partial charge < -0.3 is 30.5 Å². The fourth-order valence-electron chi connectivity index (χ4n) is 3.21. The van der Waals surface area contributed by atoms with Gasteiger partial charge in [-0.2, -0.15) is 13.2 Å². The third-order valence-electron chi connectivity index (χ3n) is 5.12. The molecule has 0 aliphatic rings. The monoisotopic (exact) mass is 589 g/mol. The van der Waals surface area contributed by atoms with E-state index in [1.807, 2.05) is 10.6 Å². The zero-order valence-electron chi connectivity index (χ0n) is 22.6. The van der Waals surface area contributed by atoms with E-state index >= 15 is 0 Å². The van der Waals surface area contributed by atoms with E-state index in [0.29, 0.717) is 5.75 Å². The Morgan fingerprint density at radius 2 is 1.45 bits per heavy atom. The summed E-state index contributed by atoms with van der Waals surface area (Å²) >= 11 is 0. The van der Waals surface area contributed by atoms with Crippen LogP contribution in [0.2, 0.25) is 0 Å². The van der Waals surface area contributed by atoms with Gasteiger partial charge in [0.05, 0.1) is 19.8 Å². The number of alkyl halides is 6. The number of rotatable bonds is 11. The van der Waals surface area contributed by atoms with Crippen LogP contribution in [0.4, 0.5) is 31.1 Å². The van der Waals surface area contributed by atoms with Crippen molar-refractivity contribution in [3.8, 4) is 5.75 Å². The minimum absolute atomic E-state index is 0.0107. The van der Waals surface area contributed by atoms with Crippen LogP contribution in [0.15, 0.2) is 24.3 Å². The predicted molar refractivity (Wildman–Crippen MR) is 128 cm³/mol. The molecule has 1 aromatic carbocycles. The molecule has 0 aliphatic heterocycles. The lowest BCUT2D eigenvalue weighted by Crippen LogP contribution is -2.57. The van der Waals surface area contributed by atoms with Gasteiger partial charge in [0.1, 0.15) is 23.4 Å². The average molecular weight is 590 g/mol. The molecule has 0 radical (unpaired) electrons. The number of benzene rings is 1. The summed E-state index contributed by atoms with van der Waals surface area (Å²) in [4.78, 5) is 38.4. The highest BCUT2D eigenvalue weighted by Crippen LogP contribution is 2.27. The summed E-state index contributed by atoms with van der Waals surface area (Å²) < 4.78 is 91.4. The maximum absolute atomic E-state index is 13.2. The number of carbonyl (C=O) groups excluding carboxylic acids is 3. The number of alkyl carbamates (subject to hydrolysis) is 1. The summed E-state index contributed by atoms with van der Waals surface area (Å²) in [7, 11) is 1.33. The van der Waals surface area contributed by atoms with Gasteiger partial charge in [0, 0.05) is 0 Å². The third kappa shape index (κ3) is 11.9. The summed E-state index contributed by atoms with van der Waals surface area (Å²) in [6, 6.07) is -0.423. The van der Waals surface area contributed by atoms with Gasteiger partial charge in [0.15, 0.2) is 6.10 Å². The Morgan fingerprint density at radius 3 is 1.88 bits per heavy atom. The molecule has 0 saturated carbocycles. The molecule has 40 heavy (non-hydrogen) atoms. The van der Waals surface area contributed by atoms with Crippen molar-refractivity contribution >= 4 is 17.9 Å². The van der Waals surface area contributed by atoms with Gasteiger partial charge in [-0.05, 0) is 44.4 Å². The van der Waals surface area contributed by atoms with Gasteiger partial charge in [-0.15, -0.1) is 13.2 Å². The highest BCUT2D eigenvalue weighted by molar-refractivity contribution is 5.92. The lowest BCUT2D eigenvalue weighted by Gasteiger charge is -2.31. The van der Waals surface area contributed by atoms with E-state index in [4.69, 9.17) is 9.47 Å². The van der Waals surface area contributed by atoms with Gasteiger partial charge in [0.2, 0.25) is 11.8 Å². The second kappa shape index (κ2) is 13.9. The smallest absolute Gasteiger partial charge is 0.497 e. The second-order valence-corrected chi connectivity index (χ2v) is 9.94. The number of hydrogen-bond donors (Lipinski definition) is 4. The summed E-state index contributed by atoms with van der Waals surface area (Å²) in [6.07, 6.45) is -14.5. The highest BCUT2D eigenvalue weighted by Gasteiger charge is 2.46. The fraction of sp³-hybridized carbons (Fsp3) is 0.625. The van der Waals surface area contributed by atoms with Gasteiger partial charge in [-0.1, -0.05) is 26.0 Å². The standard InChI is InChI=1S/C24H33F6N3O7/c1-12(2)16(18(34)23(25,26)27)32-20(36)17(13-7-9-14(38-6)10-8-13)33-19(35)15(11-39-24(28,29)30)31-21(37)40-22(3,4)5/h7-10,12,15-18,34H,11H2,1-6H3,(H,31,37)(H,32,36)(H,33,35). The van der Waals surface area contributed by atoms with Gasteiger partial charge in [-0.3, -0.25) is 14.3 Å². The van der Waals surface area contributed by atoms with Crippen molar-refractivity contribution in [3.63, 3.8) is 0 Å². The van der Waals surface area contributed by atoms with Crippen LogP contribution in [0, 0.1) is 5.92 Å². The first-order valence-corrected chi connectivity index (χ1v) is 11.8. The molecule has 0 fully saturated rings. The van der Waals surface area contributed by atoms with Crippen molar-refractivity contribution in [3.05, 3.63) is 29.8 Å². The van der Waals surface area contributed by atoms with Crippen molar-refractivity contribution in [1.29, 1.82) is 0 Å². The SMILES string of the molecule is COc1ccc(C(NC(=O)C(COC(F)(F)F)NC(=O)OC(C)(C)C)C(=O)NC(C(C)C)C(O)C(F)(F)F)cc1. The molecule has 1 aromatic rings. The minimum atomic E-state index is -5.20. The number of methoxy groups -OCH3 is 1. The van der Waals surface area contributed by atoms with E-state index in [0.717, 1.165) is 0 Å². The Kier molecular flexibility index (Phi) is 12.1. The molecule has 228 valence electrons. The Morgan fingerprint density at radius 1 is 0.900 bits per heavy atom. The first kappa shape index (κ1) is 34.8. The van der Waals surface area contributed by atoms with Crippen molar-refractivity contribution < 1.29 is 60.0 Å². The molecule has 4 atom stereocenters. The van der Waals surface area contributed by atoms with Crippen LogP contribution in [0.5, 0.6) is 5.75 Å². The van der Waals surface area contributed by atoms with E-state index in [1.165, 1.54) is 66.0 Å². The van der Waals surface area contributed by atoms with E-state index in [-0.39, 0.29) is 5.56 Å².